The molecule has 0 aromatic heterocycles. The first-order valence-electron chi connectivity index (χ1n) is 8.86. The summed E-state index contributed by atoms with van der Waals surface area (Å²) < 4.78 is 5.37. The topological polar surface area (TPSA) is 41.6 Å². The van der Waals surface area contributed by atoms with Crippen LogP contribution in [-0.4, -0.2) is 44.5 Å². The van der Waals surface area contributed by atoms with Crippen molar-refractivity contribution in [3.05, 3.63) is 63.6 Å². The molecule has 1 heterocycles. The molecule has 0 radical (unpaired) electrons. The van der Waals surface area contributed by atoms with Crippen LogP contribution in [0.15, 0.2) is 42.5 Å². The number of benzene rings is 2. The van der Waals surface area contributed by atoms with Crippen LogP contribution in [0.2, 0.25) is 10.0 Å². The van der Waals surface area contributed by atoms with E-state index in [2.05, 4.69) is 10.2 Å². The van der Waals surface area contributed by atoms with Crippen molar-refractivity contribution in [2.24, 2.45) is 0 Å². The normalized spacial score (nSPS) is 14.2. The summed E-state index contributed by atoms with van der Waals surface area (Å²) in [5.41, 5.74) is 2.86. The Morgan fingerprint density at radius 1 is 1.11 bits per heavy atom. The zero-order chi connectivity index (χ0) is 19.1. The summed E-state index contributed by atoms with van der Waals surface area (Å²) in [7, 11) is 0. The highest BCUT2D eigenvalue weighted by molar-refractivity contribution is 7.98. The van der Waals surface area contributed by atoms with E-state index < -0.39 is 0 Å². The number of thioether (sulfide) groups is 1. The maximum Gasteiger partial charge on any atom is 0.251 e. The van der Waals surface area contributed by atoms with Crippen molar-refractivity contribution in [2.45, 2.75) is 5.75 Å². The standard InChI is InChI=1S/C20H22Cl2N2O2S/c21-17-4-1-16(19(22)13-17)14-27-12-7-23-20(25)15-2-5-18(6-3-15)24-8-10-26-11-9-24/h1-6,13H,7-12,14H2,(H,23,25). The fourth-order valence-corrected chi connectivity index (χ4v) is 4.22. The monoisotopic (exact) mass is 424 g/mol. The predicted octanol–water partition coefficient (Wildman–Crippen LogP) is 4.49. The molecule has 0 saturated carbocycles. The summed E-state index contributed by atoms with van der Waals surface area (Å²) in [6.07, 6.45) is 0. The van der Waals surface area contributed by atoms with Gasteiger partial charge in [0, 0.05) is 52.4 Å². The molecular formula is C20H22Cl2N2O2S. The van der Waals surface area contributed by atoms with Crippen molar-refractivity contribution < 1.29 is 9.53 Å². The van der Waals surface area contributed by atoms with E-state index in [9.17, 15) is 4.79 Å². The van der Waals surface area contributed by atoms with Crippen molar-refractivity contribution in [2.75, 3.05) is 43.5 Å². The van der Waals surface area contributed by atoms with Crippen LogP contribution < -0.4 is 10.2 Å². The minimum atomic E-state index is -0.0475. The van der Waals surface area contributed by atoms with Gasteiger partial charge in [-0.15, -0.1) is 0 Å². The second-order valence-corrected chi connectivity index (χ2v) is 8.14. The van der Waals surface area contributed by atoms with E-state index in [0.29, 0.717) is 22.2 Å². The number of carbonyl (C=O) groups is 1. The fraction of sp³-hybridized carbons (Fsp3) is 0.350. The van der Waals surface area contributed by atoms with Gasteiger partial charge in [-0.05, 0) is 42.0 Å². The minimum Gasteiger partial charge on any atom is -0.378 e. The van der Waals surface area contributed by atoms with Gasteiger partial charge in [0.15, 0.2) is 0 Å². The average Bonchev–Trinajstić information content (AvgIpc) is 2.70. The van der Waals surface area contributed by atoms with Crippen LogP contribution in [0.1, 0.15) is 15.9 Å². The lowest BCUT2D eigenvalue weighted by Crippen LogP contribution is -2.36. The van der Waals surface area contributed by atoms with E-state index in [0.717, 1.165) is 49.1 Å². The molecule has 0 atom stereocenters. The quantitative estimate of drug-likeness (QED) is 0.664. The van der Waals surface area contributed by atoms with Crippen molar-refractivity contribution in [1.82, 2.24) is 5.32 Å². The van der Waals surface area contributed by atoms with Crippen LogP contribution in [0, 0.1) is 0 Å². The number of rotatable bonds is 7. The number of halogens is 2. The van der Waals surface area contributed by atoms with Crippen molar-refractivity contribution >= 4 is 46.6 Å². The second kappa shape index (κ2) is 10.2. The summed E-state index contributed by atoms with van der Waals surface area (Å²) in [5.74, 6) is 1.56. The summed E-state index contributed by atoms with van der Waals surface area (Å²) in [5, 5.41) is 4.28. The molecule has 27 heavy (non-hydrogen) atoms. The smallest absolute Gasteiger partial charge is 0.251 e. The van der Waals surface area contributed by atoms with Crippen molar-refractivity contribution in [3.63, 3.8) is 0 Å². The molecule has 2 aromatic rings. The van der Waals surface area contributed by atoms with Gasteiger partial charge in [0.1, 0.15) is 0 Å². The molecule has 1 amide bonds. The lowest BCUT2D eigenvalue weighted by Gasteiger charge is -2.28. The van der Waals surface area contributed by atoms with Crippen LogP contribution >= 0.6 is 35.0 Å². The lowest BCUT2D eigenvalue weighted by molar-refractivity contribution is 0.0956. The van der Waals surface area contributed by atoms with Crippen LogP contribution in [0.4, 0.5) is 5.69 Å². The van der Waals surface area contributed by atoms with Crippen molar-refractivity contribution in [1.29, 1.82) is 0 Å². The molecule has 0 unspecified atom stereocenters. The Morgan fingerprint density at radius 3 is 2.56 bits per heavy atom. The Bertz CT molecular complexity index is 765. The van der Waals surface area contributed by atoms with Gasteiger partial charge in [-0.3, -0.25) is 4.79 Å². The van der Waals surface area contributed by atoms with Crippen molar-refractivity contribution in [3.8, 4) is 0 Å². The van der Waals surface area contributed by atoms with Crippen LogP contribution in [0.25, 0.3) is 0 Å². The summed E-state index contributed by atoms with van der Waals surface area (Å²) in [6.45, 7) is 3.89. The Labute approximate surface area is 174 Å². The number of hydrogen-bond donors (Lipinski definition) is 1. The van der Waals surface area contributed by atoms with Gasteiger partial charge in [-0.2, -0.15) is 11.8 Å². The number of anilines is 1. The molecule has 1 fully saturated rings. The molecule has 0 spiro atoms. The number of amides is 1. The molecule has 1 aliphatic heterocycles. The highest BCUT2D eigenvalue weighted by Crippen LogP contribution is 2.24. The number of nitrogens with zero attached hydrogens (tertiary/aromatic N) is 1. The van der Waals surface area contributed by atoms with Gasteiger partial charge in [-0.25, -0.2) is 0 Å². The van der Waals surface area contributed by atoms with Gasteiger partial charge < -0.3 is 15.0 Å². The highest BCUT2D eigenvalue weighted by Gasteiger charge is 2.12. The third-order valence-corrected chi connectivity index (χ3v) is 5.91. The van der Waals surface area contributed by atoms with Gasteiger partial charge in [0.05, 0.1) is 13.2 Å². The maximum atomic E-state index is 12.3. The average molecular weight is 425 g/mol. The molecule has 3 rings (SSSR count). The molecular weight excluding hydrogens is 403 g/mol. The van der Waals surface area contributed by atoms with Crippen LogP contribution in [-0.2, 0) is 10.5 Å². The summed E-state index contributed by atoms with van der Waals surface area (Å²) >= 11 is 13.8. The second-order valence-electron chi connectivity index (χ2n) is 6.19. The number of morpholine rings is 1. The Morgan fingerprint density at radius 2 is 1.85 bits per heavy atom. The zero-order valence-corrected chi connectivity index (χ0v) is 17.2. The van der Waals surface area contributed by atoms with Gasteiger partial charge in [0.25, 0.3) is 5.91 Å². The molecule has 4 nitrogen and oxygen atoms in total. The van der Waals surface area contributed by atoms with Gasteiger partial charge >= 0.3 is 0 Å². The van der Waals surface area contributed by atoms with E-state index in [-0.39, 0.29) is 5.91 Å². The molecule has 1 saturated heterocycles. The molecule has 2 aromatic carbocycles. The molecule has 1 N–H and O–H groups in total. The Balaban J connectivity index is 1.40. The third-order valence-electron chi connectivity index (χ3n) is 4.31. The van der Waals surface area contributed by atoms with Gasteiger partial charge in [-0.1, -0.05) is 29.3 Å². The summed E-state index contributed by atoms with van der Waals surface area (Å²) in [4.78, 5) is 14.5. The van der Waals surface area contributed by atoms with E-state index in [1.54, 1.807) is 17.8 Å². The third kappa shape index (κ3) is 6.04. The Kier molecular flexibility index (Phi) is 7.70. The first kappa shape index (κ1) is 20.3. The van der Waals surface area contributed by atoms with E-state index in [1.165, 1.54) is 0 Å². The predicted molar refractivity (Wildman–Crippen MR) is 114 cm³/mol. The fourth-order valence-electron chi connectivity index (χ4n) is 2.80. The number of carbonyl (C=O) groups excluding carboxylic acids is 1. The summed E-state index contributed by atoms with van der Waals surface area (Å²) in [6, 6.07) is 13.3. The zero-order valence-electron chi connectivity index (χ0n) is 14.9. The van der Waals surface area contributed by atoms with Gasteiger partial charge in [0.2, 0.25) is 0 Å². The lowest BCUT2D eigenvalue weighted by atomic mass is 10.1. The minimum absolute atomic E-state index is 0.0475. The molecule has 144 valence electrons. The van der Waals surface area contributed by atoms with Crippen LogP contribution in [0.5, 0.6) is 0 Å². The number of ether oxygens (including phenoxy) is 1. The highest BCUT2D eigenvalue weighted by atomic mass is 35.5. The Hall–Kier alpha value is -1.40. The first-order valence-corrected chi connectivity index (χ1v) is 10.8. The first-order chi connectivity index (χ1) is 13.1. The molecule has 1 aliphatic rings. The van der Waals surface area contributed by atoms with Crippen LogP contribution in [0.3, 0.4) is 0 Å². The molecule has 7 heteroatoms. The molecule has 0 bridgehead atoms. The SMILES string of the molecule is O=C(NCCSCc1ccc(Cl)cc1Cl)c1ccc(N2CCOCC2)cc1. The van der Waals surface area contributed by atoms with E-state index >= 15 is 0 Å². The molecule has 0 aliphatic carbocycles. The number of nitrogens with one attached hydrogen (secondary N) is 1. The number of hydrogen-bond acceptors (Lipinski definition) is 4. The maximum absolute atomic E-state index is 12.3. The van der Waals surface area contributed by atoms with E-state index in [1.807, 2.05) is 36.4 Å². The van der Waals surface area contributed by atoms with E-state index in [4.69, 9.17) is 27.9 Å². The largest absolute Gasteiger partial charge is 0.378 e.